The van der Waals surface area contributed by atoms with E-state index >= 15 is 0 Å². The fourth-order valence-corrected chi connectivity index (χ4v) is 9.87. The summed E-state index contributed by atoms with van der Waals surface area (Å²) in [7, 11) is 0. The van der Waals surface area contributed by atoms with E-state index in [1.165, 1.54) is 44.0 Å². The van der Waals surface area contributed by atoms with E-state index in [9.17, 15) is 0 Å². The first-order chi connectivity index (χ1) is 33.8. The van der Waals surface area contributed by atoms with E-state index in [1.807, 2.05) is 0 Å². The molecule has 0 aliphatic rings. The number of hydrogen-bond donors (Lipinski definition) is 0. The van der Waals surface area contributed by atoms with Crippen LogP contribution in [0.3, 0.4) is 0 Å². The van der Waals surface area contributed by atoms with Gasteiger partial charge < -0.3 is 4.90 Å². The minimum absolute atomic E-state index is 0.893. The van der Waals surface area contributed by atoms with E-state index in [-0.39, 0.29) is 0 Å². The highest BCUT2D eigenvalue weighted by atomic mass is 15.1. The van der Waals surface area contributed by atoms with Crippen molar-refractivity contribution in [1.29, 1.82) is 0 Å². The number of anilines is 3. The maximum absolute atomic E-state index is 5.56. The zero-order valence-corrected chi connectivity index (χ0v) is 37.3. The molecule has 0 saturated heterocycles. The monoisotopic (exact) mass is 867 g/mol. The Hall–Kier alpha value is -9.05. The summed E-state index contributed by atoms with van der Waals surface area (Å²) in [6.07, 6.45) is 0. The summed E-state index contributed by atoms with van der Waals surface area (Å²) in [5, 5.41) is 4.72. The van der Waals surface area contributed by atoms with E-state index in [0.29, 0.717) is 0 Å². The van der Waals surface area contributed by atoms with Crippen molar-refractivity contribution < 1.29 is 0 Å². The minimum Gasteiger partial charge on any atom is -0.311 e. The van der Waals surface area contributed by atoms with Crippen LogP contribution in [0.5, 0.6) is 0 Å². The molecule has 1 aromatic heterocycles. The van der Waals surface area contributed by atoms with Crippen LogP contribution in [-0.2, 0) is 0 Å². The predicted molar refractivity (Wildman–Crippen MR) is 286 cm³/mol. The van der Waals surface area contributed by atoms with Gasteiger partial charge in [-0.3, -0.25) is 4.57 Å². The van der Waals surface area contributed by atoms with Crippen molar-refractivity contribution in [3.05, 3.63) is 295 Å². The largest absolute Gasteiger partial charge is 0.311 e. The average molecular weight is 868 g/mol. The molecule has 0 amide bonds. The van der Waals surface area contributed by atoms with E-state index in [2.05, 4.69) is 282 Å². The number of fused-ring (bicyclic) bond motifs is 6. The Morgan fingerprint density at radius 2 is 0.647 bits per heavy atom. The summed E-state index contributed by atoms with van der Waals surface area (Å²) in [4.78, 5) is 7.86. The molecule has 3 nitrogen and oxygen atoms in total. The number of aromatic nitrogens is 2. The molecule has 0 unspecified atom stereocenters. The van der Waals surface area contributed by atoms with Gasteiger partial charge in [-0.1, -0.05) is 212 Å². The number of hydrogen-bond acceptors (Lipinski definition) is 2. The lowest BCUT2D eigenvalue weighted by molar-refractivity contribution is 1.11. The zero-order chi connectivity index (χ0) is 45.2. The highest BCUT2D eigenvalue weighted by Crippen LogP contribution is 2.42. The minimum atomic E-state index is 0.893. The van der Waals surface area contributed by atoms with Gasteiger partial charge >= 0.3 is 0 Å². The van der Waals surface area contributed by atoms with Crippen LogP contribution in [0, 0.1) is 0 Å². The molecule has 0 fully saturated rings. The number of rotatable bonds is 10. The first kappa shape index (κ1) is 40.5. The summed E-state index contributed by atoms with van der Waals surface area (Å²) >= 11 is 0. The van der Waals surface area contributed by atoms with Crippen molar-refractivity contribution in [3.8, 4) is 28.2 Å². The van der Waals surface area contributed by atoms with Gasteiger partial charge in [0, 0.05) is 39.1 Å². The van der Waals surface area contributed by atoms with Crippen LogP contribution >= 0.6 is 0 Å². The number of benzene rings is 11. The van der Waals surface area contributed by atoms with Gasteiger partial charge in [-0.15, -0.1) is 0 Å². The zero-order valence-electron chi connectivity index (χ0n) is 37.3. The van der Waals surface area contributed by atoms with Crippen molar-refractivity contribution in [2.45, 2.75) is 0 Å². The topological polar surface area (TPSA) is 21.1 Å². The number of imidazole rings is 1. The Labute approximate surface area is 396 Å². The molecule has 0 radical (unpaired) electrons. The van der Waals surface area contributed by atoms with E-state index in [1.54, 1.807) is 0 Å². The maximum atomic E-state index is 5.56. The Balaban J connectivity index is 0.978. The second-order valence-corrected chi connectivity index (χ2v) is 17.1. The Bertz CT molecular complexity index is 3630. The third-order valence-electron chi connectivity index (χ3n) is 13.0. The molecule has 0 N–H and O–H groups in total. The van der Waals surface area contributed by atoms with Gasteiger partial charge in [0.2, 0.25) is 0 Å². The van der Waals surface area contributed by atoms with Gasteiger partial charge in [-0.2, -0.15) is 0 Å². The van der Waals surface area contributed by atoms with Crippen LogP contribution in [-0.4, -0.2) is 9.55 Å². The molecule has 3 heteroatoms. The van der Waals surface area contributed by atoms with Gasteiger partial charge in [0.15, 0.2) is 0 Å². The van der Waals surface area contributed by atoms with E-state index in [0.717, 1.165) is 67.2 Å². The van der Waals surface area contributed by atoms with Crippen molar-refractivity contribution in [2.24, 2.45) is 0 Å². The van der Waals surface area contributed by atoms with Gasteiger partial charge in [0.25, 0.3) is 0 Å². The lowest BCUT2D eigenvalue weighted by atomic mass is 9.85. The molecule has 320 valence electrons. The summed E-state index contributed by atoms with van der Waals surface area (Å²) in [6, 6.07) is 97.7. The van der Waals surface area contributed by atoms with Crippen LogP contribution in [0.1, 0.15) is 22.3 Å². The van der Waals surface area contributed by atoms with Crippen LogP contribution in [0.2, 0.25) is 0 Å². The molecular formula is C65H45N3. The molecule has 1 heterocycles. The predicted octanol–water partition coefficient (Wildman–Crippen LogP) is 17.1. The van der Waals surface area contributed by atoms with Crippen LogP contribution in [0.25, 0.3) is 71.9 Å². The molecule has 12 aromatic rings. The number of para-hydroxylation sites is 2. The summed E-state index contributed by atoms with van der Waals surface area (Å²) in [6.45, 7) is 0. The molecular weight excluding hydrogens is 823 g/mol. The van der Waals surface area contributed by atoms with Crippen molar-refractivity contribution in [2.75, 3.05) is 4.90 Å². The first-order valence-electron chi connectivity index (χ1n) is 23.2. The lowest BCUT2D eigenvalue weighted by Crippen LogP contribution is -2.09. The highest BCUT2D eigenvalue weighted by Gasteiger charge is 2.22. The van der Waals surface area contributed by atoms with Crippen molar-refractivity contribution in [3.63, 3.8) is 0 Å². The molecule has 0 atom stereocenters. The van der Waals surface area contributed by atoms with Crippen molar-refractivity contribution >= 4 is 60.8 Å². The molecule has 68 heavy (non-hydrogen) atoms. The third kappa shape index (κ3) is 7.43. The van der Waals surface area contributed by atoms with Gasteiger partial charge in [0.05, 0.1) is 11.0 Å². The first-order valence-corrected chi connectivity index (χ1v) is 23.2. The lowest BCUT2D eigenvalue weighted by Gasteiger charge is -2.25. The van der Waals surface area contributed by atoms with E-state index in [4.69, 9.17) is 4.98 Å². The van der Waals surface area contributed by atoms with E-state index < -0.39 is 0 Å². The Morgan fingerprint density at radius 3 is 1.13 bits per heavy atom. The molecule has 0 spiro atoms. The highest BCUT2D eigenvalue weighted by molar-refractivity contribution is 6.24. The van der Waals surface area contributed by atoms with Gasteiger partial charge in [-0.25, -0.2) is 4.98 Å². The standard InChI is InChI=1S/C65H45N3/c1-6-20-48(21-7-1)61(49-22-8-2-9-23-49)62(50-24-10-3-11-25-50)51-36-34-46(35-37-51)47-38-42-56(43-39-47)68-64-60-33-19-17-31-58(60)57-30-16-18-32-59(57)63(64)66-65(68)52-40-44-55(45-41-52)67(53-26-12-4-13-27-53)54-28-14-5-15-29-54/h1-45H. The second-order valence-electron chi connectivity index (χ2n) is 17.1. The molecule has 0 aliphatic heterocycles. The summed E-state index contributed by atoms with van der Waals surface area (Å²) in [5.41, 5.74) is 16.8. The van der Waals surface area contributed by atoms with Gasteiger partial charge in [-0.05, 0) is 116 Å². The summed E-state index contributed by atoms with van der Waals surface area (Å²) in [5.74, 6) is 0.893. The number of nitrogens with zero attached hydrogens (tertiary/aromatic N) is 3. The summed E-state index contributed by atoms with van der Waals surface area (Å²) < 4.78 is 2.36. The SMILES string of the molecule is c1ccc(C(=C(c2ccccc2)c2ccc(-c3ccc(-n4c(-c5ccc(N(c6ccccc6)c6ccccc6)cc5)nc5c6ccccc6c6ccccc6c54)cc3)cc2)c2ccccc2)cc1. The fourth-order valence-electron chi connectivity index (χ4n) is 9.87. The second kappa shape index (κ2) is 17.7. The Morgan fingerprint density at radius 1 is 0.294 bits per heavy atom. The molecule has 0 aliphatic carbocycles. The molecule has 12 rings (SSSR count). The van der Waals surface area contributed by atoms with Crippen LogP contribution in [0.15, 0.2) is 273 Å². The van der Waals surface area contributed by atoms with Crippen LogP contribution < -0.4 is 4.90 Å². The molecule has 0 bridgehead atoms. The third-order valence-corrected chi connectivity index (χ3v) is 13.0. The smallest absolute Gasteiger partial charge is 0.145 e. The quantitative estimate of drug-likeness (QED) is 0.101. The average Bonchev–Trinajstić information content (AvgIpc) is 3.83. The van der Waals surface area contributed by atoms with Crippen molar-refractivity contribution in [1.82, 2.24) is 9.55 Å². The van der Waals surface area contributed by atoms with Crippen LogP contribution in [0.4, 0.5) is 17.1 Å². The fraction of sp³-hybridized carbons (Fsp3) is 0. The molecule has 11 aromatic carbocycles. The maximum Gasteiger partial charge on any atom is 0.145 e. The van der Waals surface area contributed by atoms with Gasteiger partial charge in [0.1, 0.15) is 5.82 Å². The molecule has 0 saturated carbocycles. The Kier molecular flexibility index (Phi) is 10.6. The normalized spacial score (nSPS) is 11.2.